The highest BCUT2D eigenvalue weighted by Crippen LogP contribution is 2.31. The molecule has 6 nitrogen and oxygen atoms in total. The second-order valence-corrected chi connectivity index (χ2v) is 8.58. The normalized spacial score (nSPS) is 10.7. The molecule has 0 spiro atoms. The van der Waals surface area contributed by atoms with Crippen molar-refractivity contribution in [3.05, 3.63) is 46.9 Å². The third-order valence-corrected chi connectivity index (χ3v) is 5.67. The van der Waals surface area contributed by atoms with Crippen LogP contribution >= 0.6 is 39.7 Å². The Kier molecular flexibility index (Phi) is 9.36. The summed E-state index contributed by atoms with van der Waals surface area (Å²) < 4.78 is 13.2. The van der Waals surface area contributed by atoms with Crippen molar-refractivity contribution in [1.82, 2.24) is 9.88 Å². The number of ether oxygens (including phenoxy) is 2. The minimum absolute atomic E-state index is 0. The van der Waals surface area contributed by atoms with E-state index in [1.54, 1.807) is 17.0 Å². The minimum Gasteiger partial charge on any atom is -0.494 e. The topological polar surface area (TPSA) is 54.9 Å². The SMILES string of the molecule is CCOc1ccc(OCC(=O)N(CCN(C)C)c2nc3ccc(Br)cc3s2)cc1.Cl. The molecule has 2 aromatic carbocycles. The van der Waals surface area contributed by atoms with Crippen LogP contribution in [0.25, 0.3) is 10.2 Å². The van der Waals surface area contributed by atoms with Crippen LogP contribution in [0.5, 0.6) is 11.5 Å². The van der Waals surface area contributed by atoms with E-state index in [1.807, 2.05) is 56.3 Å². The number of hydrogen-bond donors (Lipinski definition) is 0. The Morgan fingerprint density at radius 1 is 1.07 bits per heavy atom. The number of amides is 1. The molecule has 1 amide bonds. The van der Waals surface area contributed by atoms with Crippen molar-refractivity contribution in [2.45, 2.75) is 6.92 Å². The smallest absolute Gasteiger partial charge is 0.266 e. The molecule has 0 N–H and O–H groups in total. The second-order valence-electron chi connectivity index (χ2n) is 6.65. The fourth-order valence-corrected chi connectivity index (χ4v) is 4.21. The van der Waals surface area contributed by atoms with Gasteiger partial charge < -0.3 is 14.4 Å². The molecule has 1 heterocycles. The number of carbonyl (C=O) groups excluding carboxylic acids is 1. The second kappa shape index (κ2) is 11.5. The minimum atomic E-state index is -0.126. The van der Waals surface area contributed by atoms with Crippen LogP contribution in [0.4, 0.5) is 5.13 Å². The first-order chi connectivity index (χ1) is 14.0. The highest BCUT2D eigenvalue weighted by atomic mass is 79.9. The molecule has 0 unspecified atom stereocenters. The Labute approximate surface area is 195 Å². The Bertz CT molecular complexity index is 966. The Balaban J connectivity index is 0.00000320. The lowest BCUT2D eigenvalue weighted by atomic mass is 10.3. The third kappa shape index (κ3) is 6.57. The largest absolute Gasteiger partial charge is 0.494 e. The van der Waals surface area contributed by atoms with Gasteiger partial charge in [-0.1, -0.05) is 27.3 Å². The molecule has 1 aromatic heterocycles. The zero-order chi connectivity index (χ0) is 20.8. The van der Waals surface area contributed by atoms with E-state index >= 15 is 0 Å². The molecule has 0 saturated heterocycles. The lowest BCUT2D eigenvalue weighted by Gasteiger charge is -2.22. The molecule has 0 aliphatic rings. The number of halogens is 2. The van der Waals surface area contributed by atoms with E-state index in [0.29, 0.717) is 24.0 Å². The maximum atomic E-state index is 13.0. The first-order valence-electron chi connectivity index (χ1n) is 9.33. The summed E-state index contributed by atoms with van der Waals surface area (Å²) in [5.74, 6) is 1.28. The summed E-state index contributed by atoms with van der Waals surface area (Å²) in [4.78, 5) is 21.4. The molecule has 3 rings (SSSR count). The van der Waals surface area contributed by atoms with Gasteiger partial charge in [-0.15, -0.1) is 12.4 Å². The van der Waals surface area contributed by atoms with Gasteiger partial charge in [0, 0.05) is 17.6 Å². The number of thiazole rings is 1. The van der Waals surface area contributed by atoms with Crippen LogP contribution in [0.1, 0.15) is 6.92 Å². The van der Waals surface area contributed by atoms with Crippen molar-refractivity contribution in [3.8, 4) is 11.5 Å². The van der Waals surface area contributed by atoms with Gasteiger partial charge in [-0.3, -0.25) is 9.69 Å². The monoisotopic (exact) mass is 513 g/mol. The molecular weight excluding hydrogens is 490 g/mol. The van der Waals surface area contributed by atoms with Crippen LogP contribution in [-0.4, -0.2) is 56.2 Å². The maximum absolute atomic E-state index is 13.0. The third-order valence-electron chi connectivity index (χ3n) is 4.14. The molecule has 0 saturated carbocycles. The number of aromatic nitrogens is 1. The Morgan fingerprint density at radius 2 is 1.73 bits per heavy atom. The molecule has 3 aromatic rings. The molecule has 0 bridgehead atoms. The zero-order valence-electron chi connectivity index (χ0n) is 17.1. The number of anilines is 1. The van der Waals surface area contributed by atoms with Crippen LogP contribution in [-0.2, 0) is 4.79 Å². The molecule has 0 fully saturated rings. The van der Waals surface area contributed by atoms with Crippen molar-refractivity contribution in [2.75, 3.05) is 45.3 Å². The average molecular weight is 515 g/mol. The summed E-state index contributed by atoms with van der Waals surface area (Å²) in [6, 6.07) is 13.2. The van der Waals surface area contributed by atoms with Crippen molar-refractivity contribution < 1.29 is 14.3 Å². The van der Waals surface area contributed by atoms with Gasteiger partial charge >= 0.3 is 0 Å². The van der Waals surface area contributed by atoms with E-state index in [4.69, 9.17) is 9.47 Å². The van der Waals surface area contributed by atoms with Gasteiger partial charge in [0.15, 0.2) is 11.7 Å². The van der Waals surface area contributed by atoms with Crippen molar-refractivity contribution in [1.29, 1.82) is 0 Å². The number of fused-ring (bicyclic) bond motifs is 1. The molecule has 0 atom stereocenters. The predicted octanol–water partition coefficient (Wildman–Crippen LogP) is 4.85. The number of hydrogen-bond acceptors (Lipinski definition) is 6. The number of likely N-dealkylation sites (N-methyl/N-ethyl adjacent to an activating group) is 1. The van der Waals surface area contributed by atoms with E-state index < -0.39 is 0 Å². The van der Waals surface area contributed by atoms with Crippen LogP contribution in [0.3, 0.4) is 0 Å². The molecule has 162 valence electrons. The fourth-order valence-electron chi connectivity index (χ4n) is 2.65. The van der Waals surface area contributed by atoms with Crippen molar-refractivity contribution >= 4 is 60.9 Å². The highest BCUT2D eigenvalue weighted by molar-refractivity contribution is 9.10. The van der Waals surface area contributed by atoms with Gasteiger partial charge in [-0.25, -0.2) is 4.98 Å². The van der Waals surface area contributed by atoms with Gasteiger partial charge in [0.25, 0.3) is 5.91 Å². The first-order valence-corrected chi connectivity index (χ1v) is 10.9. The number of nitrogens with zero attached hydrogens (tertiary/aromatic N) is 3. The van der Waals surface area contributed by atoms with Crippen molar-refractivity contribution in [3.63, 3.8) is 0 Å². The van der Waals surface area contributed by atoms with Crippen molar-refractivity contribution in [2.24, 2.45) is 0 Å². The van der Waals surface area contributed by atoms with Crippen LogP contribution < -0.4 is 14.4 Å². The summed E-state index contributed by atoms with van der Waals surface area (Å²) in [5.41, 5.74) is 0.878. The van der Waals surface area contributed by atoms with E-state index in [0.717, 1.165) is 27.0 Å². The molecule has 0 aliphatic heterocycles. The van der Waals surface area contributed by atoms with Crippen LogP contribution in [0, 0.1) is 0 Å². The van der Waals surface area contributed by atoms with Gasteiger partial charge in [0.1, 0.15) is 11.5 Å². The summed E-state index contributed by atoms with van der Waals surface area (Å²) in [6.07, 6.45) is 0. The van der Waals surface area contributed by atoms with E-state index in [9.17, 15) is 4.79 Å². The van der Waals surface area contributed by atoms with Gasteiger partial charge in [0.2, 0.25) is 0 Å². The summed E-state index contributed by atoms with van der Waals surface area (Å²) in [5, 5.41) is 0.681. The molecule has 0 radical (unpaired) electrons. The summed E-state index contributed by atoms with van der Waals surface area (Å²) >= 11 is 4.99. The van der Waals surface area contributed by atoms with Crippen LogP contribution in [0.2, 0.25) is 0 Å². The van der Waals surface area contributed by atoms with Gasteiger partial charge in [-0.2, -0.15) is 0 Å². The Hall–Kier alpha value is -1.87. The number of benzene rings is 2. The van der Waals surface area contributed by atoms with Gasteiger partial charge in [-0.05, 0) is 63.5 Å². The van der Waals surface area contributed by atoms with E-state index in [2.05, 4.69) is 20.9 Å². The van der Waals surface area contributed by atoms with E-state index in [-0.39, 0.29) is 24.9 Å². The lowest BCUT2D eigenvalue weighted by Crippen LogP contribution is -2.39. The van der Waals surface area contributed by atoms with Gasteiger partial charge in [0.05, 0.1) is 16.8 Å². The molecule has 9 heteroatoms. The summed E-state index contributed by atoms with van der Waals surface area (Å²) in [6.45, 7) is 3.76. The quantitative estimate of drug-likeness (QED) is 0.408. The predicted molar refractivity (Wildman–Crippen MR) is 129 cm³/mol. The fraction of sp³-hybridized carbons (Fsp3) is 0.333. The molecule has 0 aliphatic carbocycles. The standard InChI is InChI=1S/C21H24BrN3O3S.ClH/c1-4-27-16-6-8-17(9-7-16)28-14-20(26)25(12-11-24(2)3)21-23-18-10-5-15(22)13-19(18)29-21;/h5-10,13H,4,11-12,14H2,1-3H3;1H. The zero-order valence-corrected chi connectivity index (χ0v) is 20.3. The average Bonchev–Trinajstić information content (AvgIpc) is 3.10. The van der Waals surface area contributed by atoms with E-state index in [1.165, 1.54) is 11.3 Å². The lowest BCUT2D eigenvalue weighted by molar-refractivity contribution is -0.120. The number of rotatable bonds is 9. The number of carbonyl (C=O) groups is 1. The summed E-state index contributed by atoms with van der Waals surface area (Å²) in [7, 11) is 3.96. The maximum Gasteiger partial charge on any atom is 0.266 e. The highest BCUT2D eigenvalue weighted by Gasteiger charge is 2.20. The Morgan fingerprint density at radius 3 is 2.37 bits per heavy atom. The first kappa shape index (κ1) is 24.4. The molecule has 30 heavy (non-hydrogen) atoms. The van der Waals surface area contributed by atoms with Crippen LogP contribution in [0.15, 0.2) is 46.9 Å². The molecular formula is C21H25BrClN3O3S.